The Morgan fingerprint density at radius 1 is 1.35 bits per heavy atom. The minimum Gasteiger partial charge on any atom is -0.497 e. The summed E-state index contributed by atoms with van der Waals surface area (Å²) in [5.74, 6) is 0.828. The first kappa shape index (κ1) is 15.1. The SMILES string of the molecule is COc1ccc(Cc2cc(Br)c(CC=O)[c]c2Cl)cc1. The summed E-state index contributed by atoms with van der Waals surface area (Å²) in [5.41, 5.74) is 2.89. The molecule has 2 rings (SSSR count). The molecule has 0 atom stereocenters. The Balaban J connectivity index is 2.24. The van der Waals surface area contributed by atoms with Crippen LogP contribution in [0.1, 0.15) is 16.7 Å². The number of hydrogen-bond donors (Lipinski definition) is 0. The molecule has 1 radical (unpaired) electrons. The fraction of sp³-hybridized carbons (Fsp3) is 0.188. The predicted octanol–water partition coefficient (Wildman–Crippen LogP) is 4.24. The van der Waals surface area contributed by atoms with Gasteiger partial charge in [0.05, 0.1) is 12.1 Å². The number of carbonyl (C=O) groups excluding carboxylic acids is 1. The normalized spacial score (nSPS) is 10.3. The molecule has 0 aromatic heterocycles. The summed E-state index contributed by atoms with van der Waals surface area (Å²) in [6.07, 6.45) is 1.86. The van der Waals surface area contributed by atoms with E-state index in [1.807, 2.05) is 30.3 Å². The van der Waals surface area contributed by atoms with Gasteiger partial charge in [0.1, 0.15) is 12.0 Å². The van der Waals surface area contributed by atoms with Crippen LogP contribution in [0.3, 0.4) is 0 Å². The zero-order valence-corrected chi connectivity index (χ0v) is 13.3. The van der Waals surface area contributed by atoms with E-state index in [1.54, 1.807) is 7.11 Å². The Bertz CT molecular complexity index is 609. The van der Waals surface area contributed by atoms with Crippen LogP contribution in [0.2, 0.25) is 5.02 Å². The predicted molar refractivity (Wildman–Crippen MR) is 83.6 cm³/mol. The van der Waals surface area contributed by atoms with Crippen molar-refractivity contribution in [3.63, 3.8) is 0 Å². The summed E-state index contributed by atoms with van der Waals surface area (Å²) in [5, 5.41) is 0.556. The van der Waals surface area contributed by atoms with Gasteiger partial charge in [0.25, 0.3) is 0 Å². The van der Waals surface area contributed by atoms with Crippen molar-refractivity contribution in [3.8, 4) is 5.75 Å². The van der Waals surface area contributed by atoms with Crippen LogP contribution in [0.5, 0.6) is 5.75 Å². The number of hydrogen-bond acceptors (Lipinski definition) is 2. The van der Waals surface area contributed by atoms with Gasteiger partial charge in [0, 0.05) is 17.0 Å². The van der Waals surface area contributed by atoms with Gasteiger partial charge < -0.3 is 9.53 Å². The van der Waals surface area contributed by atoms with Crippen molar-refractivity contribution in [2.24, 2.45) is 0 Å². The average Bonchev–Trinajstić information content (AvgIpc) is 2.45. The maximum absolute atomic E-state index is 10.6. The molecule has 0 saturated carbocycles. The lowest BCUT2D eigenvalue weighted by Gasteiger charge is -2.09. The smallest absolute Gasteiger partial charge is 0.124 e. The summed E-state index contributed by atoms with van der Waals surface area (Å²) in [6.45, 7) is 0. The van der Waals surface area contributed by atoms with E-state index in [-0.39, 0.29) is 0 Å². The van der Waals surface area contributed by atoms with Crippen LogP contribution in [0.25, 0.3) is 0 Å². The molecule has 0 heterocycles. The number of carbonyl (C=O) groups is 1. The summed E-state index contributed by atoms with van der Waals surface area (Å²) >= 11 is 9.68. The fourth-order valence-electron chi connectivity index (χ4n) is 1.90. The molecule has 2 aromatic rings. The van der Waals surface area contributed by atoms with Crippen LogP contribution in [0.4, 0.5) is 0 Å². The number of rotatable bonds is 5. The third-order valence-corrected chi connectivity index (χ3v) is 4.02. The monoisotopic (exact) mass is 351 g/mol. The van der Waals surface area contributed by atoms with E-state index in [2.05, 4.69) is 22.0 Å². The Kier molecular flexibility index (Phi) is 5.21. The van der Waals surface area contributed by atoms with Crippen LogP contribution < -0.4 is 4.74 Å². The fourth-order valence-corrected chi connectivity index (χ4v) is 2.67. The van der Waals surface area contributed by atoms with Crippen LogP contribution in [-0.4, -0.2) is 13.4 Å². The molecule has 0 aliphatic rings. The minimum absolute atomic E-state index is 0.309. The first-order valence-electron chi connectivity index (χ1n) is 6.09. The van der Waals surface area contributed by atoms with Gasteiger partial charge in [-0.05, 0) is 41.3 Å². The summed E-state index contributed by atoms with van der Waals surface area (Å²) in [7, 11) is 1.64. The molecule has 20 heavy (non-hydrogen) atoms. The Morgan fingerprint density at radius 3 is 2.65 bits per heavy atom. The molecular weight excluding hydrogens is 340 g/mol. The number of halogens is 2. The molecule has 2 aromatic carbocycles. The molecule has 103 valence electrons. The van der Waals surface area contributed by atoms with Gasteiger partial charge in [-0.2, -0.15) is 0 Å². The molecule has 0 unspecified atom stereocenters. The van der Waals surface area contributed by atoms with Gasteiger partial charge in [0.2, 0.25) is 0 Å². The average molecular weight is 353 g/mol. The number of aldehydes is 1. The van der Waals surface area contributed by atoms with Crippen molar-refractivity contribution >= 4 is 33.8 Å². The van der Waals surface area contributed by atoms with E-state index in [9.17, 15) is 4.79 Å². The van der Waals surface area contributed by atoms with Gasteiger partial charge in [0.15, 0.2) is 0 Å². The summed E-state index contributed by atoms with van der Waals surface area (Å²) < 4.78 is 5.99. The van der Waals surface area contributed by atoms with Crippen LogP contribution in [-0.2, 0) is 17.6 Å². The molecule has 0 aliphatic carbocycles. The number of methoxy groups -OCH3 is 1. The largest absolute Gasteiger partial charge is 0.497 e. The summed E-state index contributed by atoms with van der Waals surface area (Å²) in [6, 6.07) is 12.8. The number of ether oxygens (including phenoxy) is 1. The molecular formula is C16H13BrClO2. The standard InChI is InChI=1S/C16H13BrClO2/c1-20-14-4-2-11(3-5-14)8-13-9-15(17)12(6-7-19)10-16(13)18/h2-5,7,9H,6,8H2,1H3. The molecule has 0 N–H and O–H groups in total. The van der Waals surface area contributed by atoms with E-state index >= 15 is 0 Å². The lowest BCUT2D eigenvalue weighted by molar-refractivity contribution is -0.107. The van der Waals surface area contributed by atoms with Crippen molar-refractivity contribution in [1.29, 1.82) is 0 Å². The topological polar surface area (TPSA) is 26.3 Å². The van der Waals surface area contributed by atoms with Gasteiger partial charge >= 0.3 is 0 Å². The van der Waals surface area contributed by atoms with Crippen molar-refractivity contribution in [2.45, 2.75) is 12.8 Å². The Hall–Kier alpha value is -1.32. The quantitative estimate of drug-likeness (QED) is 0.752. The maximum atomic E-state index is 10.6. The van der Waals surface area contributed by atoms with Gasteiger partial charge in [-0.15, -0.1) is 0 Å². The third kappa shape index (κ3) is 3.62. The van der Waals surface area contributed by atoms with Gasteiger partial charge in [-0.3, -0.25) is 0 Å². The minimum atomic E-state index is 0.309. The van der Waals surface area contributed by atoms with Gasteiger partial charge in [-0.1, -0.05) is 39.7 Å². The lowest BCUT2D eigenvalue weighted by Crippen LogP contribution is -1.95. The van der Waals surface area contributed by atoms with E-state index < -0.39 is 0 Å². The molecule has 0 saturated heterocycles. The van der Waals surface area contributed by atoms with E-state index in [0.29, 0.717) is 17.9 Å². The second-order valence-electron chi connectivity index (χ2n) is 4.33. The van der Waals surface area contributed by atoms with Crippen LogP contribution in [0, 0.1) is 6.07 Å². The van der Waals surface area contributed by atoms with E-state index in [1.165, 1.54) is 0 Å². The molecule has 0 aliphatic heterocycles. The Labute approximate surface area is 131 Å². The maximum Gasteiger partial charge on any atom is 0.124 e. The van der Waals surface area contributed by atoms with Crippen LogP contribution >= 0.6 is 27.5 Å². The lowest BCUT2D eigenvalue weighted by atomic mass is 10.0. The molecule has 0 bridgehead atoms. The Morgan fingerprint density at radius 2 is 2.05 bits per heavy atom. The third-order valence-electron chi connectivity index (χ3n) is 2.97. The summed E-state index contributed by atoms with van der Waals surface area (Å²) in [4.78, 5) is 10.6. The highest BCUT2D eigenvalue weighted by Gasteiger charge is 2.08. The second kappa shape index (κ2) is 6.91. The van der Waals surface area contributed by atoms with Crippen molar-refractivity contribution in [3.05, 3.63) is 62.6 Å². The van der Waals surface area contributed by atoms with Crippen molar-refractivity contribution in [1.82, 2.24) is 0 Å². The second-order valence-corrected chi connectivity index (χ2v) is 5.56. The molecule has 0 amide bonds. The van der Waals surface area contributed by atoms with Gasteiger partial charge in [-0.25, -0.2) is 0 Å². The first-order valence-corrected chi connectivity index (χ1v) is 7.26. The number of benzene rings is 2. The van der Waals surface area contributed by atoms with Crippen molar-refractivity contribution in [2.75, 3.05) is 7.11 Å². The zero-order valence-electron chi connectivity index (χ0n) is 11.0. The first-order chi connectivity index (χ1) is 9.63. The molecule has 0 spiro atoms. The molecule has 0 fully saturated rings. The molecule has 2 nitrogen and oxygen atoms in total. The van der Waals surface area contributed by atoms with E-state index in [0.717, 1.165) is 33.2 Å². The highest BCUT2D eigenvalue weighted by Crippen LogP contribution is 2.27. The van der Waals surface area contributed by atoms with Crippen LogP contribution in [0.15, 0.2) is 34.8 Å². The van der Waals surface area contributed by atoms with Crippen molar-refractivity contribution < 1.29 is 9.53 Å². The molecule has 4 heteroatoms. The highest BCUT2D eigenvalue weighted by molar-refractivity contribution is 9.10. The van der Waals surface area contributed by atoms with E-state index in [4.69, 9.17) is 16.3 Å². The highest BCUT2D eigenvalue weighted by atomic mass is 79.9. The zero-order chi connectivity index (χ0) is 14.5.